The van der Waals surface area contributed by atoms with Gasteiger partial charge in [-0.15, -0.1) is 0 Å². The van der Waals surface area contributed by atoms with Crippen LogP contribution in [0.3, 0.4) is 0 Å². The minimum atomic E-state index is -0.950. The molecule has 1 atom stereocenters. The van der Waals surface area contributed by atoms with E-state index in [1.54, 1.807) is 19.1 Å². The molecule has 0 saturated heterocycles. The zero-order valence-electron chi connectivity index (χ0n) is 20.6. The second kappa shape index (κ2) is 11.8. The number of rotatable bonds is 7. The van der Waals surface area contributed by atoms with Gasteiger partial charge in [0.15, 0.2) is 5.78 Å². The van der Waals surface area contributed by atoms with E-state index in [2.05, 4.69) is 4.98 Å². The molecular weight excluding hydrogens is 502 g/mol. The van der Waals surface area contributed by atoms with E-state index in [-0.39, 0.29) is 18.6 Å². The lowest BCUT2D eigenvalue weighted by Gasteiger charge is -2.06. The van der Waals surface area contributed by atoms with E-state index in [0.717, 1.165) is 38.5 Å². The van der Waals surface area contributed by atoms with Gasteiger partial charge in [-0.3, -0.25) is 14.4 Å². The molecule has 0 aliphatic rings. The Bertz CT molecular complexity index is 1610. The monoisotopic (exact) mass is 527 g/mol. The number of aliphatic carboxylic acids is 2. The van der Waals surface area contributed by atoms with Crippen LogP contribution in [0.2, 0.25) is 5.02 Å². The minimum absolute atomic E-state index is 0.0417. The van der Waals surface area contributed by atoms with E-state index >= 15 is 0 Å². The summed E-state index contributed by atoms with van der Waals surface area (Å²) in [4.78, 5) is 36.5. The van der Waals surface area contributed by atoms with Gasteiger partial charge in [0, 0.05) is 38.8 Å². The Morgan fingerprint density at radius 2 is 1.45 bits per heavy atom. The van der Waals surface area contributed by atoms with Crippen molar-refractivity contribution in [2.24, 2.45) is 0 Å². The molecule has 192 valence electrons. The molecular formula is C31H26ClNO5. The number of carboxylic acids is 2. The lowest BCUT2D eigenvalue weighted by molar-refractivity contribution is -0.138. The molecule has 0 aliphatic heterocycles. The average molecular weight is 528 g/mol. The second-order valence-electron chi connectivity index (χ2n) is 8.94. The van der Waals surface area contributed by atoms with Crippen molar-refractivity contribution in [2.45, 2.75) is 25.7 Å². The number of carboxylic acid groups (broad SMARTS) is 2. The summed E-state index contributed by atoms with van der Waals surface area (Å²) in [7, 11) is 0. The van der Waals surface area contributed by atoms with E-state index in [4.69, 9.17) is 21.8 Å². The van der Waals surface area contributed by atoms with Crippen LogP contribution in [0.5, 0.6) is 0 Å². The van der Waals surface area contributed by atoms with Gasteiger partial charge in [-0.1, -0.05) is 78.3 Å². The van der Waals surface area contributed by atoms with Crippen molar-refractivity contribution in [2.75, 3.05) is 0 Å². The summed E-state index contributed by atoms with van der Waals surface area (Å²) in [6.45, 7) is 1.68. The van der Waals surface area contributed by atoms with E-state index in [0.29, 0.717) is 10.6 Å². The number of hydrogen-bond acceptors (Lipinski definition) is 3. The van der Waals surface area contributed by atoms with Crippen molar-refractivity contribution >= 4 is 51.1 Å². The average Bonchev–Trinajstić information content (AvgIpc) is 3.29. The summed E-state index contributed by atoms with van der Waals surface area (Å²) >= 11 is 6.01. The number of aromatic amines is 1. The highest BCUT2D eigenvalue weighted by atomic mass is 35.5. The van der Waals surface area contributed by atoms with Crippen LogP contribution in [0.4, 0.5) is 0 Å². The van der Waals surface area contributed by atoms with Crippen LogP contribution in [-0.2, 0) is 9.59 Å². The Morgan fingerprint density at radius 3 is 2.11 bits per heavy atom. The van der Waals surface area contributed by atoms with Crippen LogP contribution in [0.25, 0.3) is 32.9 Å². The SMILES string of the molecule is CC(C(=O)O)c1ccc2c(c1)[nH]c1ccc(Cl)cc12.O=C(O)CCC(=O)c1ccc(-c2ccccc2)cc1. The summed E-state index contributed by atoms with van der Waals surface area (Å²) in [6, 6.07) is 28.5. The molecule has 0 aliphatic carbocycles. The first kappa shape index (κ1) is 26.6. The van der Waals surface area contributed by atoms with Crippen molar-refractivity contribution in [3.8, 4) is 11.1 Å². The Labute approximate surface area is 224 Å². The van der Waals surface area contributed by atoms with Crippen molar-refractivity contribution < 1.29 is 24.6 Å². The lowest BCUT2D eigenvalue weighted by atomic mass is 10.00. The predicted molar refractivity (Wildman–Crippen MR) is 150 cm³/mol. The Morgan fingerprint density at radius 1 is 0.763 bits per heavy atom. The van der Waals surface area contributed by atoms with Gasteiger partial charge < -0.3 is 15.2 Å². The molecule has 6 nitrogen and oxygen atoms in total. The number of Topliss-reactive ketones (excluding diaryl/α,β-unsaturated/α-hetero) is 1. The van der Waals surface area contributed by atoms with Crippen LogP contribution in [-0.4, -0.2) is 32.9 Å². The predicted octanol–water partition coefficient (Wildman–Crippen LogP) is 7.56. The second-order valence-corrected chi connectivity index (χ2v) is 9.38. The van der Waals surface area contributed by atoms with Gasteiger partial charge in [-0.05, 0) is 47.9 Å². The summed E-state index contributed by atoms with van der Waals surface area (Å²) in [5.41, 5.74) is 5.41. The number of halogens is 1. The molecule has 0 bridgehead atoms. The number of fused-ring (bicyclic) bond motifs is 3. The number of nitrogens with one attached hydrogen (secondary N) is 1. The molecule has 1 unspecified atom stereocenters. The van der Waals surface area contributed by atoms with Gasteiger partial charge in [-0.25, -0.2) is 0 Å². The maximum absolute atomic E-state index is 11.7. The lowest BCUT2D eigenvalue weighted by Crippen LogP contribution is -2.06. The molecule has 0 fully saturated rings. The standard InChI is InChI=1S/C16H14O3.C15H12ClNO2/c17-15(10-11-16(18)19)14-8-6-13(7-9-14)12-4-2-1-3-5-12;1-8(15(18)19)9-2-4-11-12-7-10(16)3-5-13(12)17-14(11)6-9/h1-9H,10-11H2,(H,18,19);2-8,17H,1H3,(H,18,19). The van der Waals surface area contributed by atoms with Crippen LogP contribution < -0.4 is 0 Å². The highest BCUT2D eigenvalue weighted by Gasteiger charge is 2.15. The zero-order valence-corrected chi connectivity index (χ0v) is 21.4. The van der Waals surface area contributed by atoms with Gasteiger partial charge in [-0.2, -0.15) is 0 Å². The van der Waals surface area contributed by atoms with E-state index in [1.807, 2.05) is 78.9 Å². The number of aromatic nitrogens is 1. The minimum Gasteiger partial charge on any atom is -0.481 e. The maximum atomic E-state index is 11.7. The number of benzene rings is 4. The van der Waals surface area contributed by atoms with Gasteiger partial charge in [0.1, 0.15) is 0 Å². The molecule has 38 heavy (non-hydrogen) atoms. The number of ketones is 1. The zero-order chi connectivity index (χ0) is 27.2. The summed E-state index contributed by atoms with van der Waals surface area (Å²) < 4.78 is 0. The van der Waals surface area contributed by atoms with E-state index < -0.39 is 17.9 Å². The fraction of sp³-hybridized carbons (Fsp3) is 0.129. The maximum Gasteiger partial charge on any atom is 0.310 e. The van der Waals surface area contributed by atoms with Crippen LogP contribution >= 0.6 is 11.6 Å². The van der Waals surface area contributed by atoms with E-state index in [9.17, 15) is 14.4 Å². The number of hydrogen-bond donors (Lipinski definition) is 3. The molecule has 4 aromatic carbocycles. The Hall–Kier alpha value is -4.42. The number of H-pyrrole nitrogens is 1. The van der Waals surface area contributed by atoms with E-state index in [1.165, 1.54) is 0 Å². The molecule has 0 saturated carbocycles. The molecule has 0 radical (unpaired) electrons. The van der Waals surface area contributed by atoms with Gasteiger partial charge >= 0.3 is 11.9 Å². The molecule has 0 amide bonds. The molecule has 5 rings (SSSR count). The largest absolute Gasteiger partial charge is 0.481 e. The fourth-order valence-corrected chi connectivity index (χ4v) is 4.32. The molecule has 1 aromatic heterocycles. The summed E-state index contributed by atoms with van der Waals surface area (Å²) in [5.74, 6) is -2.42. The fourth-order valence-electron chi connectivity index (χ4n) is 4.15. The van der Waals surface area contributed by atoms with Gasteiger partial charge in [0.2, 0.25) is 0 Å². The van der Waals surface area contributed by atoms with Crippen molar-refractivity contribution in [3.05, 3.63) is 107 Å². The highest BCUT2D eigenvalue weighted by molar-refractivity contribution is 6.31. The molecule has 7 heteroatoms. The van der Waals surface area contributed by atoms with Crippen molar-refractivity contribution in [1.29, 1.82) is 0 Å². The van der Waals surface area contributed by atoms with Crippen LogP contribution in [0.15, 0.2) is 91.0 Å². The first-order valence-corrected chi connectivity index (χ1v) is 12.4. The van der Waals surface area contributed by atoms with Crippen LogP contribution in [0, 0.1) is 0 Å². The van der Waals surface area contributed by atoms with Gasteiger partial charge in [0.25, 0.3) is 0 Å². The van der Waals surface area contributed by atoms with Crippen LogP contribution in [0.1, 0.15) is 41.6 Å². The van der Waals surface area contributed by atoms with Crippen molar-refractivity contribution in [1.82, 2.24) is 4.98 Å². The van der Waals surface area contributed by atoms with Crippen molar-refractivity contribution in [3.63, 3.8) is 0 Å². The first-order chi connectivity index (χ1) is 18.2. The topological polar surface area (TPSA) is 107 Å². The molecule has 1 heterocycles. The molecule has 3 N–H and O–H groups in total. The third kappa shape index (κ3) is 6.28. The van der Waals surface area contributed by atoms with Gasteiger partial charge in [0.05, 0.1) is 12.3 Å². The summed E-state index contributed by atoms with van der Waals surface area (Å²) in [5, 5.41) is 20.4. The Balaban J connectivity index is 0.000000177. The molecule has 0 spiro atoms. The Kier molecular flexibility index (Phi) is 8.24. The smallest absolute Gasteiger partial charge is 0.310 e. The quantitative estimate of drug-likeness (QED) is 0.189. The third-order valence-electron chi connectivity index (χ3n) is 6.34. The summed E-state index contributed by atoms with van der Waals surface area (Å²) in [6.07, 6.45) is -0.0840. The number of carbonyl (C=O) groups excluding carboxylic acids is 1. The number of carbonyl (C=O) groups is 3. The highest BCUT2D eigenvalue weighted by Crippen LogP contribution is 2.30. The third-order valence-corrected chi connectivity index (χ3v) is 6.57. The normalized spacial score (nSPS) is 11.5. The first-order valence-electron chi connectivity index (χ1n) is 12.1. The molecule has 5 aromatic rings.